The van der Waals surface area contributed by atoms with E-state index in [0.717, 1.165) is 18.4 Å². The summed E-state index contributed by atoms with van der Waals surface area (Å²) in [7, 11) is 3.45. The molecule has 0 radical (unpaired) electrons. The molecule has 1 amide bonds. The lowest BCUT2D eigenvalue weighted by Gasteiger charge is -2.27. The van der Waals surface area contributed by atoms with Gasteiger partial charge in [-0.1, -0.05) is 12.5 Å². The number of para-hydroxylation sites is 1. The van der Waals surface area contributed by atoms with Gasteiger partial charge in [-0.25, -0.2) is 0 Å². The Morgan fingerprint density at radius 1 is 1.38 bits per heavy atom. The topological polar surface area (TPSA) is 55.6 Å². The fourth-order valence-electron chi connectivity index (χ4n) is 4.15. The van der Waals surface area contributed by atoms with Crippen LogP contribution >= 0.6 is 0 Å². The van der Waals surface area contributed by atoms with Crippen LogP contribution in [0.25, 0.3) is 0 Å². The number of benzene rings is 1. The lowest BCUT2D eigenvalue weighted by atomic mass is 9.88. The summed E-state index contributed by atoms with van der Waals surface area (Å²) < 4.78 is 5.19. The lowest BCUT2D eigenvalue weighted by molar-refractivity contribution is 0.0755. The van der Waals surface area contributed by atoms with E-state index in [2.05, 4.69) is 0 Å². The van der Waals surface area contributed by atoms with Gasteiger partial charge in [-0.15, -0.1) is 0 Å². The molecule has 2 fully saturated rings. The van der Waals surface area contributed by atoms with Gasteiger partial charge in [0.15, 0.2) is 0 Å². The third-order valence-corrected chi connectivity index (χ3v) is 5.26. The van der Waals surface area contributed by atoms with Gasteiger partial charge >= 0.3 is 0 Å². The highest BCUT2D eigenvalue weighted by molar-refractivity contribution is 6.00. The van der Waals surface area contributed by atoms with E-state index >= 15 is 0 Å². The number of anilines is 1. The zero-order chi connectivity index (χ0) is 15.0. The van der Waals surface area contributed by atoms with E-state index in [1.165, 1.54) is 25.7 Å². The number of nitrogen functional groups attached to an aromatic ring is 1. The van der Waals surface area contributed by atoms with Crippen molar-refractivity contribution in [2.45, 2.75) is 25.7 Å². The monoisotopic (exact) mass is 288 g/mol. The summed E-state index contributed by atoms with van der Waals surface area (Å²) in [5, 5.41) is 0. The van der Waals surface area contributed by atoms with Crippen molar-refractivity contribution in [2.75, 3.05) is 26.4 Å². The van der Waals surface area contributed by atoms with E-state index in [0.29, 0.717) is 22.9 Å². The van der Waals surface area contributed by atoms with Gasteiger partial charge in [-0.2, -0.15) is 0 Å². The zero-order valence-electron chi connectivity index (χ0n) is 12.8. The number of nitrogens with zero attached hydrogens (tertiary/aromatic N) is 1. The minimum atomic E-state index is -0.00539. The molecule has 0 heterocycles. The van der Waals surface area contributed by atoms with Crippen LogP contribution in [-0.2, 0) is 0 Å². The van der Waals surface area contributed by atoms with Crippen molar-refractivity contribution >= 4 is 11.6 Å². The number of carbonyl (C=O) groups is 1. The van der Waals surface area contributed by atoms with E-state index in [1.807, 2.05) is 18.0 Å². The molecule has 2 bridgehead atoms. The number of hydrogen-bond donors (Lipinski definition) is 1. The van der Waals surface area contributed by atoms with Crippen LogP contribution in [0.15, 0.2) is 18.2 Å². The number of amides is 1. The van der Waals surface area contributed by atoms with Crippen molar-refractivity contribution < 1.29 is 9.53 Å². The SMILES string of the molecule is COc1cccc(C(=O)N(C)CC2CC3CCC2C3)c1N. The Bertz CT molecular complexity index is 544. The van der Waals surface area contributed by atoms with Crippen molar-refractivity contribution in [1.82, 2.24) is 4.90 Å². The number of rotatable bonds is 4. The molecule has 4 heteroatoms. The second-order valence-electron chi connectivity index (χ2n) is 6.54. The minimum absolute atomic E-state index is 0.00539. The molecule has 2 saturated carbocycles. The Labute approximate surface area is 126 Å². The van der Waals surface area contributed by atoms with Crippen LogP contribution in [0.1, 0.15) is 36.0 Å². The molecule has 0 aromatic heterocycles. The molecule has 114 valence electrons. The average molecular weight is 288 g/mol. The average Bonchev–Trinajstić information content (AvgIpc) is 3.09. The van der Waals surface area contributed by atoms with Gasteiger partial charge in [-0.05, 0) is 49.1 Å². The van der Waals surface area contributed by atoms with Gasteiger partial charge in [0.25, 0.3) is 5.91 Å². The molecule has 2 aliphatic rings. The molecule has 1 aromatic carbocycles. The van der Waals surface area contributed by atoms with Crippen molar-refractivity contribution in [3.05, 3.63) is 23.8 Å². The Hall–Kier alpha value is -1.71. The van der Waals surface area contributed by atoms with Crippen LogP contribution in [0.5, 0.6) is 5.75 Å². The highest BCUT2D eigenvalue weighted by Gasteiger charge is 2.40. The summed E-state index contributed by atoms with van der Waals surface area (Å²) in [6.45, 7) is 0.844. The van der Waals surface area contributed by atoms with Crippen LogP contribution in [0.2, 0.25) is 0 Å². The van der Waals surface area contributed by atoms with Crippen LogP contribution in [0.4, 0.5) is 5.69 Å². The molecule has 2 aliphatic carbocycles. The van der Waals surface area contributed by atoms with E-state index in [1.54, 1.807) is 19.2 Å². The van der Waals surface area contributed by atoms with Crippen molar-refractivity contribution in [3.8, 4) is 5.75 Å². The van der Waals surface area contributed by atoms with Crippen molar-refractivity contribution in [2.24, 2.45) is 17.8 Å². The van der Waals surface area contributed by atoms with Crippen LogP contribution in [-0.4, -0.2) is 31.5 Å². The maximum Gasteiger partial charge on any atom is 0.255 e. The molecule has 4 nitrogen and oxygen atoms in total. The van der Waals surface area contributed by atoms with E-state index in [4.69, 9.17) is 10.5 Å². The van der Waals surface area contributed by atoms with E-state index in [9.17, 15) is 4.79 Å². The number of hydrogen-bond acceptors (Lipinski definition) is 3. The molecule has 0 spiro atoms. The van der Waals surface area contributed by atoms with Gasteiger partial charge < -0.3 is 15.4 Å². The van der Waals surface area contributed by atoms with Gasteiger partial charge in [-0.3, -0.25) is 4.79 Å². The number of carbonyl (C=O) groups excluding carboxylic acids is 1. The van der Waals surface area contributed by atoms with Gasteiger partial charge in [0.2, 0.25) is 0 Å². The van der Waals surface area contributed by atoms with Crippen LogP contribution in [0.3, 0.4) is 0 Å². The summed E-state index contributed by atoms with van der Waals surface area (Å²) in [5.41, 5.74) is 7.01. The van der Waals surface area contributed by atoms with Gasteiger partial charge in [0, 0.05) is 13.6 Å². The normalized spacial score (nSPS) is 26.9. The molecule has 0 saturated heterocycles. The third kappa shape index (κ3) is 2.59. The molecule has 0 aliphatic heterocycles. The Kier molecular flexibility index (Phi) is 3.79. The number of ether oxygens (including phenoxy) is 1. The molecular formula is C17H24N2O2. The summed E-state index contributed by atoms with van der Waals surface area (Å²) >= 11 is 0. The summed E-state index contributed by atoms with van der Waals surface area (Å²) in [4.78, 5) is 14.4. The first kappa shape index (κ1) is 14.2. The molecule has 3 rings (SSSR count). The van der Waals surface area contributed by atoms with Crippen LogP contribution < -0.4 is 10.5 Å². The first-order valence-electron chi connectivity index (χ1n) is 7.78. The van der Waals surface area contributed by atoms with Crippen molar-refractivity contribution in [1.29, 1.82) is 0 Å². The predicted octanol–water partition coefficient (Wildman–Crippen LogP) is 2.79. The highest BCUT2D eigenvalue weighted by atomic mass is 16.5. The second-order valence-corrected chi connectivity index (χ2v) is 6.54. The van der Waals surface area contributed by atoms with Crippen LogP contribution in [0, 0.1) is 17.8 Å². The Morgan fingerprint density at radius 3 is 2.81 bits per heavy atom. The van der Waals surface area contributed by atoms with E-state index in [-0.39, 0.29) is 5.91 Å². The number of nitrogens with two attached hydrogens (primary N) is 1. The first-order chi connectivity index (χ1) is 10.1. The fraction of sp³-hybridized carbons (Fsp3) is 0.588. The fourth-order valence-corrected chi connectivity index (χ4v) is 4.15. The third-order valence-electron chi connectivity index (χ3n) is 5.26. The summed E-state index contributed by atoms with van der Waals surface area (Å²) in [6, 6.07) is 5.37. The molecular weight excluding hydrogens is 264 g/mol. The first-order valence-corrected chi connectivity index (χ1v) is 7.78. The zero-order valence-corrected chi connectivity index (χ0v) is 12.8. The predicted molar refractivity (Wildman–Crippen MR) is 83.3 cm³/mol. The maximum absolute atomic E-state index is 12.6. The summed E-state index contributed by atoms with van der Waals surface area (Å²) in [5.74, 6) is 2.96. The van der Waals surface area contributed by atoms with E-state index < -0.39 is 0 Å². The molecule has 3 atom stereocenters. The largest absolute Gasteiger partial charge is 0.495 e. The standard InChI is InChI=1S/C17H24N2O2/c1-19(10-13-9-11-6-7-12(13)8-11)17(20)14-4-3-5-15(21-2)16(14)18/h3-5,11-13H,6-10,18H2,1-2H3. The lowest BCUT2D eigenvalue weighted by Crippen LogP contribution is -2.34. The highest BCUT2D eigenvalue weighted by Crippen LogP contribution is 2.48. The Balaban J connectivity index is 1.70. The molecule has 2 N–H and O–H groups in total. The smallest absolute Gasteiger partial charge is 0.255 e. The minimum Gasteiger partial charge on any atom is -0.495 e. The number of methoxy groups -OCH3 is 1. The number of fused-ring (bicyclic) bond motifs is 2. The maximum atomic E-state index is 12.6. The van der Waals surface area contributed by atoms with Gasteiger partial charge in [0.05, 0.1) is 18.4 Å². The molecule has 21 heavy (non-hydrogen) atoms. The molecule has 3 unspecified atom stereocenters. The summed E-state index contributed by atoms with van der Waals surface area (Å²) in [6.07, 6.45) is 5.39. The van der Waals surface area contributed by atoms with Crippen molar-refractivity contribution in [3.63, 3.8) is 0 Å². The van der Waals surface area contributed by atoms with Gasteiger partial charge in [0.1, 0.15) is 5.75 Å². The molecule has 1 aromatic rings. The Morgan fingerprint density at radius 2 is 2.19 bits per heavy atom. The quantitative estimate of drug-likeness (QED) is 0.867. The second kappa shape index (κ2) is 5.58.